The van der Waals surface area contributed by atoms with E-state index >= 15 is 0 Å². The normalized spacial score (nSPS) is 10.4. The van der Waals surface area contributed by atoms with Gasteiger partial charge in [0, 0.05) is 9.75 Å². The highest BCUT2D eigenvalue weighted by Crippen LogP contribution is 2.35. The van der Waals surface area contributed by atoms with Crippen molar-refractivity contribution in [1.82, 2.24) is 0 Å². The molecule has 1 aromatic heterocycles. The quantitative estimate of drug-likeness (QED) is 0.641. The van der Waals surface area contributed by atoms with Gasteiger partial charge in [0.05, 0.1) is 7.11 Å². The van der Waals surface area contributed by atoms with Crippen molar-refractivity contribution in [3.63, 3.8) is 0 Å². The van der Waals surface area contributed by atoms with E-state index in [-0.39, 0.29) is 0 Å². The minimum absolute atomic E-state index is 0.896. The number of benzene rings is 2. The van der Waals surface area contributed by atoms with Gasteiger partial charge in [0.15, 0.2) is 0 Å². The van der Waals surface area contributed by atoms with E-state index in [4.69, 9.17) is 4.74 Å². The Kier molecular flexibility index (Phi) is 3.34. The Morgan fingerprint density at radius 1 is 0.737 bits per heavy atom. The van der Waals surface area contributed by atoms with Gasteiger partial charge in [-0.05, 0) is 35.4 Å². The molecule has 0 unspecified atom stereocenters. The van der Waals surface area contributed by atoms with Gasteiger partial charge in [-0.3, -0.25) is 0 Å². The summed E-state index contributed by atoms with van der Waals surface area (Å²) in [5.41, 5.74) is 2.47. The lowest BCUT2D eigenvalue weighted by Gasteiger charge is -2.02. The Balaban J connectivity index is 1.97. The summed E-state index contributed by atoms with van der Waals surface area (Å²) >= 11 is 1.80. The van der Waals surface area contributed by atoms with E-state index in [1.165, 1.54) is 20.9 Å². The van der Waals surface area contributed by atoms with Crippen LogP contribution in [0.25, 0.3) is 20.9 Å². The molecule has 0 aliphatic rings. The highest BCUT2D eigenvalue weighted by atomic mass is 32.1. The predicted molar refractivity (Wildman–Crippen MR) is 81.7 cm³/mol. The van der Waals surface area contributed by atoms with Gasteiger partial charge in [-0.1, -0.05) is 42.5 Å². The zero-order valence-corrected chi connectivity index (χ0v) is 11.5. The minimum atomic E-state index is 0.896. The van der Waals surface area contributed by atoms with Gasteiger partial charge < -0.3 is 4.74 Å². The maximum absolute atomic E-state index is 5.27. The lowest BCUT2D eigenvalue weighted by Crippen LogP contribution is -1.81. The number of ether oxygens (including phenoxy) is 1. The van der Waals surface area contributed by atoms with Crippen molar-refractivity contribution in [2.24, 2.45) is 0 Å². The summed E-state index contributed by atoms with van der Waals surface area (Å²) in [4.78, 5) is 2.55. The molecule has 0 aliphatic carbocycles. The maximum Gasteiger partial charge on any atom is 0.119 e. The summed E-state index contributed by atoms with van der Waals surface area (Å²) < 4.78 is 5.27. The molecule has 0 amide bonds. The van der Waals surface area contributed by atoms with E-state index in [0.717, 1.165) is 5.75 Å². The molecule has 1 nitrogen and oxygen atoms in total. The van der Waals surface area contributed by atoms with E-state index in [1.54, 1.807) is 18.4 Å². The first-order valence-electron chi connectivity index (χ1n) is 6.16. The summed E-state index contributed by atoms with van der Waals surface area (Å²) in [6, 6.07) is 23.0. The summed E-state index contributed by atoms with van der Waals surface area (Å²) in [5, 5.41) is 0. The largest absolute Gasteiger partial charge is 0.497 e. The van der Waals surface area contributed by atoms with Crippen LogP contribution in [0, 0.1) is 0 Å². The Labute approximate surface area is 117 Å². The van der Waals surface area contributed by atoms with Crippen LogP contribution in [0.2, 0.25) is 0 Å². The topological polar surface area (TPSA) is 9.23 Å². The van der Waals surface area contributed by atoms with Crippen molar-refractivity contribution >= 4 is 11.3 Å². The molecule has 3 aromatic rings. The molecule has 0 bridgehead atoms. The fourth-order valence-electron chi connectivity index (χ4n) is 2.03. The van der Waals surface area contributed by atoms with Crippen molar-refractivity contribution in [3.05, 3.63) is 66.7 Å². The molecule has 0 fully saturated rings. The van der Waals surface area contributed by atoms with Crippen LogP contribution in [0.4, 0.5) is 0 Å². The number of methoxy groups -OCH3 is 1. The van der Waals surface area contributed by atoms with Crippen molar-refractivity contribution in [2.75, 3.05) is 7.11 Å². The maximum atomic E-state index is 5.27. The van der Waals surface area contributed by atoms with E-state index < -0.39 is 0 Å². The zero-order valence-electron chi connectivity index (χ0n) is 10.7. The van der Waals surface area contributed by atoms with E-state index in [2.05, 4.69) is 48.5 Å². The van der Waals surface area contributed by atoms with Crippen LogP contribution in [0.1, 0.15) is 0 Å². The van der Waals surface area contributed by atoms with Crippen LogP contribution in [0.3, 0.4) is 0 Å². The Hall–Kier alpha value is -2.06. The standard InChI is InChI=1S/C17H14OS/c1-18-15-9-5-8-14(12-15)17-11-10-16(19-17)13-6-3-2-4-7-13/h2-12H,1H3. The summed E-state index contributed by atoms with van der Waals surface area (Å²) in [5.74, 6) is 0.896. The van der Waals surface area contributed by atoms with Gasteiger partial charge in [-0.2, -0.15) is 0 Å². The van der Waals surface area contributed by atoms with Crippen molar-refractivity contribution < 1.29 is 4.74 Å². The van der Waals surface area contributed by atoms with Crippen LogP contribution in [-0.4, -0.2) is 7.11 Å². The average Bonchev–Trinajstić information content (AvgIpc) is 2.98. The first-order valence-corrected chi connectivity index (χ1v) is 6.98. The molecule has 94 valence electrons. The second-order valence-corrected chi connectivity index (χ2v) is 5.35. The predicted octanol–water partition coefficient (Wildman–Crippen LogP) is 5.09. The second kappa shape index (κ2) is 5.29. The molecule has 19 heavy (non-hydrogen) atoms. The molecule has 1 heterocycles. The third-order valence-corrected chi connectivity index (χ3v) is 4.20. The Morgan fingerprint density at radius 2 is 1.42 bits per heavy atom. The molecule has 0 saturated heterocycles. The Bertz CT molecular complexity index is 670. The average molecular weight is 266 g/mol. The SMILES string of the molecule is COc1cccc(-c2ccc(-c3ccccc3)s2)c1. The monoisotopic (exact) mass is 266 g/mol. The van der Waals surface area contributed by atoms with Gasteiger partial charge in [0.1, 0.15) is 5.75 Å². The molecular weight excluding hydrogens is 252 g/mol. The first-order chi connectivity index (χ1) is 9.36. The third kappa shape index (κ3) is 2.54. The number of rotatable bonds is 3. The van der Waals surface area contributed by atoms with Crippen molar-refractivity contribution in [2.45, 2.75) is 0 Å². The van der Waals surface area contributed by atoms with E-state index in [1.807, 2.05) is 18.2 Å². The molecule has 3 rings (SSSR count). The molecule has 0 saturated carbocycles. The summed E-state index contributed by atoms with van der Waals surface area (Å²) in [6.07, 6.45) is 0. The molecule has 0 N–H and O–H groups in total. The van der Waals surface area contributed by atoms with Gasteiger partial charge in [-0.15, -0.1) is 11.3 Å². The first kappa shape index (κ1) is 12.0. The van der Waals surface area contributed by atoms with Crippen LogP contribution in [-0.2, 0) is 0 Å². The Morgan fingerprint density at radius 3 is 2.16 bits per heavy atom. The number of hydrogen-bond acceptors (Lipinski definition) is 2. The minimum Gasteiger partial charge on any atom is -0.497 e. The van der Waals surface area contributed by atoms with Gasteiger partial charge in [0.25, 0.3) is 0 Å². The molecule has 2 aromatic carbocycles. The third-order valence-electron chi connectivity index (χ3n) is 3.02. The lowest BCUT2D eigenvalue weighted by molar-refractivity contribution is 0.415. The van der Waals surface area contributed by atoms with Crippen molar-refractivity contribution in [3.8, 4) is 26.6 Å². The molecular formula is C17H14OS. The summed E-state index contributed by atoms with van der Waals surface area (Å²) in [7, 11) is 1.70. The van der Waals surface area contributed by atoms with E-state index in [0.29, 0.717) is 0 Å². The van der Waals surface area contributed by atoms with Crippen molar-refractivity contribution in [1.29, 1.82) is 0 Å². The molecule has 0 aliphatic heterocycles. The van der Waals surface area contributed by atoms with E-state index in [9.17, 15) is 0 Å². The van der Waals surface area contributed by atoms with Crippen LogP contribution >= 0.6 is 11.3 Å². The molecule has 2 heteroatoms. The molecule has 0 radical (unpaired) electrons. The van der Waals surface area contributed by atoms with Crippen LogP contribution in [0.5, 0.6) is 5.75 Å². The highest BCUT2D eigenvalue weighted by Gasteiger charge is 2.05. The summed E-state index contributed by atoms with van der Waals surface area (Å²) in [6.45, 7) is 0. The van der Waals surface area contributed by atoms with Crippen LogP contribution < -0.4 is 4.74 Å². The fraction of sp³-hybridized carbons (Fsp3) is 0.0588. The lowest BCUT2D eigenvalue weighted by atomic mass is 10.1. The van der Waals surface area contributed by atoms with Gasteiger partial charge in [-0.25, -0.2) is 0 Å². The number of thiophene rings is 1. The van der Waals surface area contributed by atoms with Gasteiger partial charge >= 0.3 is 0 Å². The molecule has 0 atom stereocenters. The highest BCUT2D eigenvalue weighted by molar-refractivity contribution is 7.18. The smallest absolute Gasteiger partial charge is 0.119 e. The second-order valence-electron chi connectivity index (χ2n) is 4.26. The number of hydrogen-bond donors (Lipinski definition) is 0. The van der Waals surface area contributed by atoms with Crippen LogP contribution in [0.15, 0.2) is 66.7 Å². The van der Waals surface area contributed by atoms with Gasteiger partial charge in [0.2, 0.25) is 0 Å². The molecule has 0 spiro atoms. The fourth-order valence-corrected chi connectivity index (χ4v) is 3.03. The zero-order chi connectivity index (χ0) is 13.1.